The molecule has 18 heavy (non-hydrogen) atoms. The summed E-state index contributed by atoms with van der Waals surface area (Å²) in [6.07, 6.45) is 1.13. The molecule has 0 unspecified atom stereocenters. The Morgan fingerprint density at radius 2 is 2.17 bits per heavy atom. The van der Waals surface area contributed by atoms with Crippen molar-refractivity contribution in [1.82, 2.24) is 4.31 Å². The van der Waals surface area contributed by atoms with Crippen LogP contribution in [0.4, 0.5) is 0 Å². The SMILES string of the molecule is CN(CC1CC(O)C1)S(=O)(=O)c1ccc(CN)s1. The predicted molar refractivity (Wildman–Crippen MR) is 70.8 cm³/mol. The van der Waals surface area contributed by atoms with E-state index in [4.69, 9.17) is 5.73 Å². The van der Waals surface area contributed by atoms with Crippen LogP contribution in [-0.4, -0.2) is 37.5 Å². The average Bonchev–Trinajstić information content (AvgIpc) is 2.75. The standard InChI is InChI=1S/C11H18N2O3S2/c1-13(7-8-4-9(14)5-8)18(15,16)11-3-2-10(6-12)17-11/h2-3,8-9,14H,4-7,12H2,1H3. The number of rotatable bonds is 5. The van der Waals surface area contributed by atoms with Crippen LogP contribution in [0.15, 0.2) is 16.3 Å². The van der Waals surface area contributed by atoms with E-state index in [0.29, 0.717) is 30.1 Å². The van der Waals surface area contributed by atoms with E-state index >= 15 is 0 Å². The molecule has 1 aliphatic carbocycles. The summed E-state index contributed by atoms with van der Waals surface area (Å²) in [4.78, 5) is 0.862. The molecular formula is C11H18N2O3S2. The second-order valence-electron chi connectivity index (χ2n) is 4.70. The van der Waals surface area contributed by atoms with E-state index in [0.717, 1.165) is 4.88 Å². The van der Waals surface area contributed by atoms with Crippen molar-refractivity contribution in [2.75, 3.05) is 13.6 Å². The van der Waals surface area contributed by atoms with E-state index in [9.17, 15) is 13.5 Å². The smallest absolute Gasteiger partial charge is 0.252 e. The summed E-state index contributed by atoms with van der Waals surface area (Å²) in [6.45, 7) is 0.827. The van der Waals surface area contributed by atoms with Crippen LogP contribution in [0.5, 0.6) is 0 Å². The first-order chi connectivity index (χ1) is 8.43. The fourth-order valence-corrected chi connectivity index (χ4v) is 4.76. The number of aliphatic hydroxyl groups is 1. The van der Waals surface area contributed by atoms with Gasteiger partial charge in [-0.05, 0) is 30.9 Å². The zero-order valence-corrected chi connectivity index (χ0v) is 11.9. The first kappa shape index (κ1) is 14.0. The monoisotopic (exact) mass is 290 g/mol. The average molecular weight is 290 g/mol. The van der Waals surface area contributed by atoms with Crippen LogP contribution in [0.1, 0.15) is 17.7 Å². The minimum atomic E-state index is -3.40. The number of sulfonamides is 1. The summed E-state index contributed by atoms with van der Waals surface area (Å²) in [5.41, 5.74) is 5.48. The van der Waals surface area contributed by atoms with Gasteiger partial charge in [-0.1, -0.05) is 0 Å². The van der Waals surface area contributed by atoms with Gasteiger partial charge in [-0.3, -0.25) is 0 Å². The third-order valence-corrected chi connectivity index (χ3v) is 6.63. The van der Waals surface area contributed by atoms with Crippen molar-refractivity contribution in [1.29, 1.82) is 0 Å². The van der Waals surface area contributed by atoms with Gasteiger partial charge in [-0.2, -0.15) is 4.31 Å². The quantitative estimate of drug-likeness (QED) is 0.831. The van der Waals surface area contributed by atoms with E-state index < -0.39 is 10.0 Å². The summed E-state index contributed by atoms with van der Waals surface area (Å²) in [7, 11) is -1.82. The Bertz CT molecular complexity index is 506. The Morgan fingerprint density at radius 1 is 1.50 bits per heavy atom. The van der Waals surface area contributed by atoms with E-state index in [2.05, 4.69) is 0 Å². The van der Waals surface area contributed by atoms with Gasteiger partial charge in [0.1, 0.15) is 4.21 Å². The number of thiophene rings is 1. The molecule has 1 aliphatic rings. The molecular weight excluding hydrogens is 272 g/mol. The Morgan fingerprint density at radius 3 is 2.67 bits per heavy atom. The molecule has 1 aromatic heterocycles. The van der Waals surface area contributed by atoms with Crippen LogP contribution in [0.2, 0.25) is 0 Å². The molecule has 1 heterocycles. The third kappa shape index (κ3) is 2.75. The van der Waals surface area contributed by atoms with Gasteiger partial charge in [0.05, 0.1) is 6.10 Å². The maximum atomic E-state index is 12.3. The Hall–Kier alpha value is -0.470. The summed E-state index contributed by atoms with van der Waals surface area (Å²) < 4.78 is 26.2. The van der Waals surface area contributed by atoms with Crippen molar-refractivity contribution < 1.29 is 13.5 Å². The third-order valence-electron chi connectivity index (χ3n) is 3.23. The molecule has 1 fully saturated rings. The van der Waals surface area contributed by atoms with Crippen LogP contribution in [0.3, 0.4) is 0 Å². The van der Waals surface area contributed by atoms with Crippen molar-refractivity contribution in [3.8, 4) is 0 Å². The molecule has 0 aliphatic heterocycles. The van der Waals surface area contributed by atoms with Gasteiger partial charge < -0.3 is 10.8 Å². The van der Waals surface area contributed by atoms with Crippen LogP contribution >= 0.6 is 11.3 Å². The Balaban J connectivity index is 2.05. The molecule has 2 rings (SSSR count). The molecule has 0 atom stereocenters. The van der Waals surface area contributed by atoms with Gasteiger partial charge in [0.2, 0.25) is 0 Å². The van der Waals surface area contributed by atoms with E-state index in [-0.39, 0.29) is 12.0 Å². The number of nitrogens with zero attached hydrogens (tertiary/aromatic N) is 1. The lowest BCUT2D eigenvalue weighted by molar-refractivity contribution is 0.0367. The molecule has 0 radical (unpaired) electrons. The number of hydrogen-bond acceptors (Lipinski definition) is 5. The van der Waals surface area contributed by atoms with E-state index in [1.54, 1.807) is 19.2 Å². The van der Waals surface area contributed by atoms with Crippen molar-refractivity contribution in [3.63, 3.8) is 0 Å². The maximum Gasteiger partial charge on any atom is 0.252 e. The fraction of sp³-hybridized carbons (Fsp3) is 0.636. The van der Waals surface area contributed by atoms with Gasteiger partial charge in [-0.15, -0.1) is 11.3 Å². The normalized spacial score (nSPS) is 24.2. The summed E-state index contributed by atoms with van der Waals surface area (Å²) in [5, 5.41) is 9.21. The van der Waals surface area contributed by atoms with Gasteiger partial charge >= 0.3 is 0 Å². The minimum Gasteiger partial charge on any atom is -0.393 e. The Kier molecular flexibility index (Phi) is 4.08. The second-order valence-corrected chi connectivity index (χ2v) is 8.14. The molecule has 0 spiro atoms. The molecule has 1 saturated carbocycles. The molecule has 0 aromatic carbocycles. The highest BCUT2D eigenvalue weighted by Crippen LogP contribution is 2.30. The van der Waals surface area contributed by atoms with Crippen LogP contribution in [-0.2, 0) is 16.6 Å². The summed E-state index contributed by atoms with van der Waals surface area (Å²) in [6, 6.07) is 3.35. The van der Waals surface area contributed by atoms with E-state index in [1.807, 2.05) is 0 Å². The van der Waals surface area contributed by atoms with Gasteiger partial charge in [0, 0.05) is 25.0 Å². The predicted octanol–water partition coefficient (Wildman–Crippen LogP) is 0.598. The highest BCUT2D eigenvalue weighted by atomic mass is 32.2. The van der Waals surface area contributed by atoms with Crippen molar-refractivity contribution >= 4 is 21.4 Å². The molecule has 102 valence electrons. The van der Waals surface area contributed by atoms with Gasteiger partial charge in [-0.25, -0.2) is 8.42 Å². The lowest BCUT2D eigenvalue weighted by Crippen LogP contribution is -2.39. The van der Waals surface area contributed by atoms with Crippen LogP contribution < -0.4 is 5.73 Å². The molecule has 0 bridgehead atoms. The molecule has 3 N–H and O–H groups in total. The lowest BCUT2D eigenvalue weighted by Gasteiger charge is -2.33. The maximum absolute atomic E-state index is 12.3. The van der Waals surface area contributed by atoms with Crippen LogP contribution in [0, 0.1) is 5.92 Å². The summed E-state index contributed by atoms with van der Waals surface area (Å²) in [5.74, 6) is 0.272. The van der Waals surface area contributed by atoms with Crippen molar-refractivity contribution in [3.05, 3.63) is 17.0 Å². The lowest BCUT2D eigenvalue weighted by atomic mass is 9.82. The first-order valence-corrected chi connectivity index (χ1v) is 8.12. The van der Waals surface area contributed by atoms with E-state index in [1.165, 1.54) is 15.6 Å². The first-order valence-electron chi connectivity index (χ1n) is 5.86. The highest BCUT2D eigenvalue weighted by Gasteiger charge is 2.32. The topological polar surface area (TPSA) is 83.6 Å². The Labute approximate surface area is 111 Å². The number of hydrogen-bond donors (Lipinski definition) is 2. The molecule has 1 aromatic rings. The van der Waals surface area contributed by atoms with Gasteiger partial charge in [0.25, 0.3) is 10.0 Å². The minimum absolute atomic E-state index is 0.253. The fourth-order valence-electron chi connectivity index (χ4n) is 2.07. The zero-order valence-electron chi connectivity index (χ0n) is 10.2. The highest BCUT2D eigenvalue weighted by molar-refractivity contribution is 7.91. The molecule has 0 saturated heterocycles. The number of nitrogens with two attached hydrogens (primary N) is 1. The molecule has 5 nitrogen and oxygen atoms in total. The molecule has 7 heteroatoms. The van der Waals surface area contributed by atoms with Crippen LogP contribution in [0.25, 0.3) is 0 Å². The largest absolute Gasteiger partial charge is 0.393 e. The summed E-state index contributed by atoms with van der Waals surface area (Å²) >= 11 is 1.22. The molecule has 0 amide bonds. The van der Waals surface area contributed by atoms with Crippen molar-refractivity contribution in [2.45, 2.75) is 29.7 Å². The zero-order chi connectivity index (χ0) is 13.3. The second kappa shape index (κ2) is 5.26. The number of aliphatic hydroxyl groups excluding tert-OH is 1. The van der Waals surface area contributed by atoms with Gasteiger partial charge in [0.15, 0.2) is 0 Å². The van der Waals surface area contributed by atoms with Crippen molar-refractivity contribution in [2.24, 2.45) is 11.7 Å².